The number of amides is 2. The lowest BCUT2D eigenvalue weighted by Gasteiger charge is -2.07. The Morgan fingerprint density at radius 1 is 1.16 bits per heavy atom. The van der Waals surface area contributed by atoms with Gasteiger partial charge in [-0.25, -0.2) is 4.79 Å². The Hall–Kier alpha value is -1.52. The average molecular weight is 268 g/mol. The van der Waals surface area contributed by atoms with Crippen molar-refractivity contribution in [2.24, 2.45) is 0 Å². The predicted octanol–water partition coefficient (Wildman–Crippen LogP) is 2.43. The van der Waals surface area contributed by atoms with Crippen molar-refractivity contribution in [3.63, 3.8) is 0 Å². The summed E-state index contributed by atoms with van der Waals surface area (Å²) in [6, 6.07) is -0.128. The molecule has 0 saturated heterocycles. The van der Waals surface area contributed by atoms with Crippen molar-refractivity contribution in [2.45, 2.75) is 51.4 Å². The summed E-state index contributed by atoms with van der Waals surface area (Å²) < 4.78 is 0. The first kappa shape index (κ1) is 15.5. The van der Waals surface area contributed by atoms with Gasteiger partial charge in [0.05, 0.1) is 0 Å². The number of carbonyl (C=O) groups excluding carboxylic acids is 1. The van der Waals surface area contributed by atoms with E-state index in [1.807, 2.05) is 0 Å². The fourth-order valence-electron chi connectivity index (χ4n) is 2.14. The summed E-state index contributed by atoms with van der Waals surface area (Å²) in [6.07, 6.45) is 9.36. The molecule has 0 bridgehead atoms. The molecule has 0 fully saturated rings. The van der Waals surface area contributed by atoms with Gasteiger partial charge < -0.3 is 15.7 Å². The molecule has 0 aromatic heterocycles. The van der Waals surface area contributed by atoms with Crippen molar-refractivity contribution in [1.29, 1.82) is 0 Å². The van der Waals surface area contributed by atoms with Gasteiger partial charge in [0, 0.05) is 19.5 Å². The van der Waals surface area contributed by atoms with Crippen LogP contribution in [0.2, 0.25) is 0 Å². The highest BCUT2D eigenvalue weighted by Crippen LogP contribution is 2.19. The maximum Gasteiger partial charge on any atom is 0.314 e. The van der Waals surface area contributed by atoms with Gasteiger partial charge in [-0.05, 0) is 38.5 Å². The maximum absolute atomic E-state index is 11.4. The summed E-state index contributed by atoms with van der Waals surface area (Å²) in [5.74, 6) is -0.757. The zero-order valence-corrected chi connectivity index (χ0v) is 11.4. The number of carbonyl (C=O) groups is 2. The number of unbranched alkanes of at least 4 members (excludes halogenated alkanes) is 2. The first-order valence-electron chi connectivity index (χ1n) is 7.10. The molecule has 1 aliphatic carbocycles. The SMILES string of the molecule is O=C(O)CCCCCNC(=O)NCCC1=CCCC1. The third-order valence-electron chi connectivity index (χ3n) is 3.22. The van der Waals surface area contributed by atoms with Gasteiger partial charge in [0.25, 0.3) is 0 Å². The Morgan fingerprint density at radius 2 is 1.95 bits per heavy atom. The van der Waals surface area contributed by atoms with Crippen LogP contribution >= 0.6 is 0 Å². The lowest BCUT2D eigenvalue weighted by Crippen LogP contribution is -2.36. The smallest absolute Gasteiger partial charge is 0.314 e. The van der Waals surface area contributed by atoms with Crippen LogP contribution in [0.15, 0.2) is 11.6 Å². The van der Waals surface area contributed by atoms with E-state index < -0.39 is 5.97 Å². The average Bonchev–Trinajstić information content (AvgIpc) is 2.86. The summed E-state index contributed by atoms with van der Waals surface area (Å²) in [5, 5.41) is 14.1. The summed E-state index contributed by atoms with van der Waals surface area (Å²) in [4.78, 5) is 21.7. The van der Waals surface area contributed by atoms with Crippen molar-refractivity contribution in [2.75, 3.05) is 13.1 Å². The first-order valence-corrected chi connectivity index (χ1v) is 7.10. The summed E-state index contributed by atoms with van der Waals surface area (Å²) in [7, 11) is 0. The highest BCUT2D eigenvalue weighted by Gasteiger charge is 2.05. The van der Waals surface area contributed by atoms with Crippen LogP contribution in [0.3, 0.4) is 0 Å². The number of rotatable bonds is 9. The molecule has 5 nitrogen and oxygen atoms in total. The number of allylic oxidation sites excluding steroid dienone is 1. The van der Waals surface area contributed by atoms with Gasteiger partial charge in [-0.3, -0.25) is 4.79 Å². The number of carboxylic acids is 1. The third kappa shape index (κ3) is 8.24. The third-order valence-corrected chi connectivity index (χ3v) is 3.22. The number of nitrogens with one attached hydrogen (secondary N) is 2. The topological polar surface area (TPSA) is 78.4 Å². The molecule has 108 valence electrons. The van der Waals surface area contributed by atoms with E-state index in [1.54, 1.807) is 0 Å². The molecule has 0 spiro atoms. The van der Waals surface area contributed by atoms with Crippen molar-refractivity contribution >= 4 is 12.0 Å². The first-order chi connectivity index (χ1) is 9.18. The molecule has 0 heterocycles. The van der Waals surface area contributed by atoms with Crippen molar-refractivity contribution < 1.29 is 14.7 Å². The quantitative estimate of drug-likeness (QED) is 0.444. The van der Waals surface area contributed by atoms with Crippen LogP contribution in [-0.4, -0.2) is 30.2 Å². The van der Waals surface area contributed by atoms with E-state index in [1.165, 1.54) is 24.8 Å². The molecule has 0 aromatic carbocycles. The van der Waals surface area contributed by atoms with Gasteiger partial charge in [-0.15, -0.1) is 0 Å². The monoisotopic (exact) mass is 268 g/mol. The van der Waals surface area contributed by atoms with E-state index in [-0.39, 0.29) is 12.5 Å². The normalized spacial score (nSPS) is 14.0. The number of aliphatic carboxylic acids is 1. The highest BCUT2D eigenvalue weighted by molar-refractivity contribution is 5.73. The molecule has 5 heteroatoms. The summed E-state index contributed by atoms with van der Waals surface area (Å²) in [6.45, 7) is 1.30. The van der Waals surface area contributed by atoms with Crippen molar-refractivity contribution in [1.82, 2.24) is 10.6 Å². The summed E-state index contributed by atoms with van der Waals surface area (Å²) >= 11 is 0. The summed E-state index contributed by atoms with van der Waals surface area (Å²) in [5.41, 5.74) is 1.45. The molecule has 2 amide bonds. The minimum Gasteiger partial charge on any atom is -0.481 e. The number of hydrogen-bond donors (Lipinski definition) is 3. The lowest BCUT2D eigenvalue weighted by molar-refractivity contribution is -0.137. The van der Waals surface area contributed by atoms with Gasteiger partial charge in [0.2, 0.25) is 0 Å². The van der Waals surface area contributed by atoms with E-state index in [2.05, 4.69) is 16.7 Å². The van der Waals surface area contributed by atoms with E-state index >= 15 is 0 Å². The van der Waals surface area contributed by atoms with Crippen LogP contribution in [0, 0.1) is 0 Å². The fraction of sp³-hybridized carbons (Fsp3) is 0.714. The molecular weight excluding hydrogens is 244 g/mol. The standard InChI is InChI=1S/C14H24N2O3/c17-13(18)8-2-1-5-10-15-14(19)16-11-9-12-6-3-4-7-12/h6H,1-5,7-11H2,(H,17,18)(H2,15,16,19). The second-order valence-corrected chi connectivity index (χ2v) is 4.89. The molecular formula is C14H24N2O3. The minimum absolute atomic E-state index is 0.128. The lowest BCUT2D eigenvalue weighted by atomic mass is 10.2. The van der Waals surface area contributed by atoms with Crippen LogP contribution in [0.4, 0.5) is 4.79 Å². The van der Waals surface area contributed by atoms with E-state index in [9.17, 15) is 9.59 Å². The molecule has 19 heavy (non-hydrogen) atoms. The largest absolute Gasteiger partial charge is 0.481 e. The van der Waals surface area contributed by atoms with Crippen LogP contribution in [0.1, 0.15) is 51.4 Å². The Balaban J connectivity index is 1.89. The van der Waals surface area contributed by atoms with Gasteiger partial charge in [0.15, 0.2) is 0 Å². The van der Waals surface area contributed by atoms with Gasteiger partial charge in [0.1, 0.15) is 0 Å². The maximum atomic E-state index is 11.4. The van der Waals surface area contributed by atoms with Gasteiger partial charge in [-0.1, -0.05) is 18.1 Å². The molecule has 0 saturated carbocycles. The Morgan fingerprint density at radius 3 is 2.63 bits per heavy atom. The van der Waals surface area contributed by atoms with E-state index in [4.69, 9.17) is 5.11 Å². The molecule has 0 radical (unpaired) electrons. The Kier molecular flexibility index (Phi) is 7.70. The number of carboxylic acid groups (broad SMARTS) is 1. The van der Waals surface area contributed by atoms with Gasteiger partial charge >= 0.3 is 12.0 Å². The molecule has 3 N–H and O–H groups in total. The fourth-order valence-corrected chi connectivity index (χ4v) is 2.14. The van der Waals surface area contributed by atoms with E-state index in [0.717, 1.165) is 19.3 Å². The van der Waals surface area contributed by atoms with Crippen LogP contribution in [-0.2, 0) is 4.79 Å². The second-order valence-electron chi connectivity index (χ2n) is 4.89. The van der Waals surface area contributed by atoms with Crippen molar-refractivity contribution in [3.8, 4) is 0 Å². The zero-order valence-electron chi connectivity index (χ0n) is 11.4. The number of hydrogen-bond acceptors (Lipinski definition) is 2. The number of urea groups is 1. The molecule has 0 atom stereocenters. The molecule has 0 aromatic rings. The van der Waals surface area contributed by atoms with Crippen LogP contribution in [0.25, 0.3) is 0 Å². The molecule has 1 aliphatic rings. The molecule has 0 aliphatic heterocycles. The van der Waals surface area contributed by atoms with Crippen LogP contribution < -0.4 is 10.6 Å². The second kappa shape index (κ2) is 9.42. The molecule has 0 unspecified atom stereocenters. The minimum atomic E-state index is -0.757. The van der Waals surface area contributed by atoms with Gasteiger partial charge in [-0.2, -0.15) is 0 Å². The highest BCUT2D eigenvalue weighted by atomic mass is 16.4. The van der Waals surface area contributed by atoms with E-state index in [0.29, 0.717) is 19.5 Å². The molecule has 1 rings (SSSR count). The Labute approximate surface area is 114 Å². The predicted molar refractivity (Wildman–Crippen MR) is 74.1 cm³/mol. The Bertz CT molecular complexity index is 327. The zero-order chi connectivity index (χ0) is 13.9. The van der Waals surface area contributed by atoms with Crippen molar-refractivity contribution in [3.05, 3.63) is 11.6 Å². The van der Waals surface area contributed by atoms with Crippen LogP contribution in [0.5, 0.6) is 0 Å².